The van der Waals surface area contributed by atoms with Gasteiger partial charge in [0.1, 0.15) is 23.4 Å². The standard InChI is InChI=1S/C24H22N2O2/c25-18-6-10-20(11-7-18)27-22-14-15-23(17-4-2-1-3-5-17)24(16-22)28-21-12-8-19(26)9-13-21/h1-15,24H,16,25-26H2/i16D2. The van der Waals surface area contributed by atoms with Gasteiger partial charge in [-0.3, -0.25) is 0 Å². The molecule has 1 aliphatic carbocycles. The van der Waals surface area contributed by atoms with E-state index in [0.717, 1.165) is 11.1 Å². The van der Waals surface area contributed by atoms with Crippen LogP contribution in [0, 0.1) is 0 Å². The van der Waals surface area contributed by atoms with Crippen molar-refractivity contribution in [2.45, 2.75) is 12.5 Å². The van der Waals surface area contributed by atoms with Gasteiger partial charge in [0.05, 0.1) is 0 Å². The van der Waals surface area contributed by atoms with Crippen LogP contribution in [0.2, 0.25) is 0 Å². The Kier molecular flexibility index (Phi) is 4.36. The van der Waals surface area contributed by atoms with Crippen molar-refractivity contribution >= 4 is 16.9 Å². The maximum absolute atomic E-state index is 8.86. The zero-order valence-corrected chi connectivity index (χ0v) is 15.2. The number of benzene rings is 3. The maximum atomic E-state index is 8.86. The highest BCUT2D eigenvalue weighted by molar-refractivity contribution is 5.72. The van der Waals surface area contributed by atoms with E-state index in [2.05, 4.69) is 0 Å². The summed E-state index contributed by atoms with van der Waals surface area (Å²) in [7, 11) is 0. The summed E-state index contributed by atoms with van der Waals surface area (Å²) in [5.41, 5.74) is 14.3. The fourth-order valence-corrected chi connectivity index (χ4v) is 2.89. The van der Waals surface area contributed by atoms with E-state index < -0.39 is 12.5 Å². The van der Waals surface area contributed by atoms with Gasteiger partial charge in [-0.25, -0.2) is 0 Å². The van der Waals surface area contributed by atoms with Gasteiger partial charge in [-0.1, -0.05) is 36.4 Å². The van der Waals surface area contributed by atoms with Crippen LogP contribution in [-0.2, 0) is 0 Å². The molecule has 0 aromatic heterocycles. The molecule has 0 saturated heterocycles. The van der Waals surface area contributed by atoms with Gasteiger partial charge in [-0.15, -0.1) is 0 Å². The molecule has 0 bridgehead atoms. The highest BCUT2D eigenvalue weighted by atomic mass is 16.5. The summed E-state index contributed by atoms with van der Waals surface area (Å²) in [6.07, 6.45) is 0.646. The molecule has 3 aromatic rings. The molecule has 0 amide bonds. The second-order valence-electron chi connectivity index (χ2n) is 6.40. The third-order valence-corrected chi connectivity index (χ3v) is 4.32. The number of anilines is 2. The first kappa shape index (κ1) is 15.4. The summed E-state index contributed by atoms with van der Waals surface area (Å²) in [4.78, 5) is 0. The Morgan fingerprint density at radius 1 is 0.750 bits per heavy atom. The quantitative estimate of drug-likeness (QED) is 0.615. The van der Waals surface area contributed by atoms with Crippen molar-refractivity contribution in [3.63, 3.8) is 0 Å². The number of rotatable bonds is 5. The maximum Gasteiger partial charge on any atom is 0.131 e. The third-order valence-electron chi connectivity index (χ3n) is 4.32. The van der Waals surface area contributed by atoms with Gasteiger partial charge >= 0.3 is 0 Å². The van der Waals surface area contributed by atoms with Crippen molar-refractivity contribution in [1.82, 2.24) is 0 Å². The molecule has 0 heterocycles. The van der Waals surface area contributed by atoms with E-state index in [1.165, 1.54) is 0 Å². The Hall–Kier alpha value is -3.66. The van der Waals surface area contributed by atoms with E-state index in [1.807, 2.05) is 36.4 Å². The van der Waals surface area contributed by atoms with E-state index in [0.29, 0.717) is 22.9 Å². The molecule has 4 nitrogen and oxygen atoms in total. The molecule has 4 N–H and O–H groups in total. The number of hydrogen-bond donors (Lipinski definition) is 2. The predicted molar refractivity (Wildman–Crippen MR) is 114 cm³/mol. The Morgan fingerprint density at radius 3 is 2.00 bits per heavy atom. The highest BCUT2D eigenvalue weighted by Crippen LogP contribution is 2.32. The fraction of sp³-hybridized carbons (Fsp3) is 0.0833. The van der Waals surface area contributed by atoms with E-state index in [9.17, 15) is 0 Å². The minimum Gasteiger partial charge on any atom is -0.485 e. The number of ether oxygens (including phenoxy) is 2. The Bertz CT molecular complexity index is 1080. The van der Waals surface area contributed by atoms with Crippen molar-refractivity contribution in [3.05, 3.63) is 102 Å². The van der Waals surface area contributed by atoms with E-state index in [4.69, 9.17) is 23.7 Å². The lowest BCUT2D eigenvalue weighted by atomic mass is 9.93. The smallest absolute Gasteiger partial charge is 0.131 e. The normalized spacial score (nSPS) is 18.9. The number of allylic oxidation sites excluding steroid dienone is 2. The first-order valence-electron chi connectivity index (χ1n) is 9.97. The van der Waals surface area contributed by atoms with Crippen LogP contribution >= 0.6 is 0 Å². The van der Waals surface area contributed by atoms with Gasteiger partial charge in [0.2, 0.25) is 0 Å². The van der Waals surface area contributed by atoms with Gasteiger partial charge in [0, 0.05) is 26.1 Å². The summed E-state index contributed by atoms with van der Waals surface area (Å²) in [6, 6.07) is 23.3. The van der Waals surface area contributed by atoms with Crippen LogP contribution in [0.4, 0.5) is 11.4 Å². The van der Waals surface area contributed by atoms with Gasteiger partial charge in [-0.2, -0.15) is 0 Å². The summed E-state index contributed by atoms with van der Waals surface area (Å²) in [5.74, 6) is 1.18. The van der Waals surface area contributed by atoms with E-state index in [-0.39, 0.29) is 5.76 Å². The topological polar surface area (TPSA) is 70.5 Å². The van der Waals surface area contributed by atoms with Crippen molar-refractivity contribution in [2.75, 3.05) is 11.5 Å². The van der Waals surface area contributed by atoms with Crippen LogP contribution in [-0.4, -0.2) is 6.10 Å². The van der Waals surface area contributed by atoms with E-state index in [1.54, 1.807) is 54.6 Å². The van der Waals surface area contributed by atoms with E-state index >= 15 is 0 Å². The molecule has 1 atom stereocenters. The summed E-state index contributed by atoms with van der Waals surface area (Å²) >= 11 is 0. The second-order valence-corrected chi connectivity index (χ2v) is 6.40. The summed E-state index contributed by atoms with van der Waals surface area (Å²) in [6.45, 7) is 0. The van der Waals surface area contributed by atoms with Crippen LogP contribution in [0.5, 0.6) is 11.5 Å². The number of hydrogen-bond acceptors (Lipinski definition) is 4. The van der Waals surface area contributed by atoms with Crippen molar-refractivity contribution in [3.8, 4) is 11.5 Å². The highest BCUT2D eigenvalue weighted by Gasteiger charge is 2.24. The largest absolute Gasteiger partial charge is 0.485 e. The second kappa shape index (κ2) is 7.92. The van der Waals surface area contributed by atoms with Crippen molar-refractivity contribution in [1.29, 1.82) is 0 Å². The lowest BCUT2D eigenvalue weighted by Gasteiger charge is -2.26. The Balaban J connectivity index is 1.72. The SMILES string of the molecule is [2H]C1([2H])C(Oc2ccc(N)cc2)=CC=C(c2ccccc2)C1Oc1ccc(N)cc1. The molecule has 0 radical (unpaired) electrons. The Labute approximate surface area is 167 Å². The molecule has 0 spiro atoms. The molecule has 140 valence electrons. The van der Waals surface area contributed by atoms with Crippen LogP contribution in [0.25, 0.3) is 5.57 Å². The lowest BCUT2D eigenvalue weighted by molar-refractivity contribution is 0.235. The number of nitrogen functional groups attached to an aromatic ring is 2. The fourth-order valence-electron chi connectivity index (χ4n) is 2.89. The number of nitrogens with two attached hydrogens (primary N) is 2. The van der Waals surface area contributed by atoms with Crippen LogP contribution in [0.3, 0.4) is 0 Å². The monoisotopic (exact) mass is 372 g/mol. The van der Waals surface area contributed by atoms with Crippen LogP contribution < -0.4 is 20.9 Å². The zero-order valence-electron chi connectivity index (χ0n) is 17.2. The summed E-state index contributed by atoms with van der Waals surface area (Å²) in [5, 5.41) is 0. The van der Waals surface area contributed by atoms with Gasteiger partial charge in [-0.05, 0) is 60.2 Å². The third kappa shape index (κ3) is 4.18. The molecule has 28 heavy (non-hydrogen) atoms. The molecule has 1 aliphatic rings. The molecule has 4 heteroatoms. The molecule has 4 rings (SSSR count). The average molecular weight is 372 g/mol. The predicted octanol–water partition coefficient (Wildman–Crippen LogP) is 5.05. The molecular formula is C24H22N2O2. The molecule has 0 fully saturated rings. The molecular weight excluding hydrogens is 348 g/mol. The summed E-state index contributed by atoms with van der Waals surface area (Å²) < 4.78 is 29.7. The molecule has 3 aromatic carbocycles. The first-order valence-corrected chi connectivity index (χ1v) is 8.97. The minimum absolute atomic E-state index is 0.160. The molecule has 0 aliphatic heterocycles. The van der Waals surface area contributed by atoms with Crippen LogP contribution in [0.15, 0.2) is 96.8 Å². The Morgan fingerprint density at radius 2 is 1.36 bits per heavy atom. The molecule has 1 unspecified atom stereocenters. The van der Waals surface area contributed by atoms with Gasteiger partial charge in [0.25, 0.3) is 0 Å². The lowest BCUT2D eigenvalue weighted by Crippen LogP contribution is -2.23. The van der Waals surface area contributed by atoms with Gasteiger partial charge in [0.15, 0.2) is 0 Å². The van der Waals surface area contributed by atoms with Crippen LogP contribution in [0.1, 0.15) is 14.7 Å². The minimum atomic E-state index is -1.93. The average Bonchev–Trinajstić information content (AvgIpc) is 2.75. The van der Waals surface area contributed by atoms with Gasteiger partial charge < -0.3 is 20.9 Å². The zero-order chi connectivity index (χ0) is 21.1. The van der Waals surface area contributed by atoms with Crippen molar-refractivity contribution < 1.29 is 12.2 Å². The first-order chi connectivity index (χ1) is 14.4. The van der Waals surface area contributed by atoms with Crippen molar-refractivity contribution in [2.24, 2.45) is 0 Å². The molecule has 0 saturated carbocycles.